The number of hydrogen-bond acceptors (Lipinski definition) is 4. The lowest BCUT2D eigenvalue weighted by atomic mass is 10.2. The molecule has 1 aliphatic rings. The van der Waals surface area contributed by atoms with Gasteiger partial charge < -0.3 is 14.8 Å². The third-order valence-electron chi connectivity index (χ3n) is 3.55. The highest BCUT2D eigenvalue weighted by Gasteiger charge is 2.19. The van der Waals surface area contributed by atoms with Crippen molar-refractivity contribution < 1.29 is 9.47 Å². The van der Waals surface area contributed by atoms with Gasteiger partial charge in [-0.3, -0.25) is 4.90 Å². The molecule has 19 heavy (non-hydrogen) atoms. The van der Waals surface area contributed by atoms with E-state index in [1.807, 2.05) is 6.07 Å². The van der Waals surface area contributed by atoms with Crippen LogP contribution in [0.2, 0.25) is 0 Å². The molecule has 4 heteroatoms. The average Bonchev–Trinajstić information content (AvgIpc) is 2.45. The number of methoxy groups -OCH3 is 1. The first kappa shape index (κ1) is 14.2. The third-order valence-corrected chi connectivity index (χ3v) is 3.55. The molecule has 1 aromatic carbocycles. The molecule has 4 nitrogen and oxygen atoms in total. The molecule has 1 aliphatic heterocycles. The van der Waals surface area contributed by atoms with Gasteiger partial charge in [0.05, 0.1) is 25.5 Å². The predicted octanol–water partition coefficient (Wildman–Crippen LogP) is 2.14. The number of ether oxygens (including phenoxy) is 2. The smallest absolute Gasteiger partial charge is 0.141 e. The second kappa shape index (κ2) is 6.78. The number of aryl methyl sites for hydroxylation is 1. The van der Waals surface area contributed by atoms with E-state index in [1.165, 1.54) is 5.56 Å². The lowest BCUT2D eigenvalue weighted by molar-refractivity contribution is -0.0191. The highest BCUT2D eigenvalue weighted by atomic mass is 16.5. The summed E-state index contributed by atoms with van der Waals surface area (Å²) >= 11 is 0. The van der Waals surface area contributed by atoms with Gasteiger partial charge in [-0.25, -0.2) is 0 Å². The Kier molecular flexibility index (Phi) is 5.05. The number of nitrogens with zero attached hydrogens (tertiary/aromatic N) is 1. The average molecular weight is 264 g/mol. The second-order valence-electron chi connectivity index (χ2n) is 4.97. The van der Waals surface area contributed by atoms with Crippen molar-refractivity contribution in [3.8, 4) is 5.75 Å². The van der Waals surface area contributed by atoms with E-state index in [1.54, 1.807) is 7.11 Å². The highest BCUT2D eigenvalue weighted by molar-refractivity contribution is 5.58. The normalized spacial score (nSPS) is 20.3. The fourth-order valence-corrected chi connectivity index (χ4v) is 2.37. The molecule has 0 saturated carbocycles. The van der Waals surface area contributed by atoms with Crippen LogP contribution in [0.25, 0.3) is 0 Å². The largest absolute Gasteiger partial charge is 0.495 e. The van der Waals surface area contributed by atoms with Crippen LogP contribution in [-0.2, 0) is 4.74 Å². The van der Waals surface area contributed by atoms with Crippen molar-refractivity contribution in [2.24, 2.45) is 0 Å². The summed E-state index contributed by atoms with van der Waals surface area (Å²) in [6, 6.07) is 6.16. The minimum atomic E-state index is 0.249. The predicted molar refractivity (Wildman–Crippen MR) is 78.1 cm³/mol. The quantitative estimate of drug-likeness (QED) is 0.883. The van der Waals surface area contributed by atoms with E-state index in [4.69, 9.17) is 9.47 Å². The first-order chi connectivity index (χ1) is 9.22. The summed E-state index contributed by atoms with van der Waals surface area (Å²) < 4.78 is 11.2. The van der Waals surface area contributed by atoms with Crippen molar-refractivity contribution >= 4 is 5.69 Å². The van der Waals surface area contributed by atoms with Crippen molar-refractivity contribution in [3.63, 3.8) is 0 Å². The van der Waals surface area contributed by atoms with Gasteiger partial charge in [-0.1, -0.05) is 13.0 Å². The van der Waals surface area contributed by atoms with Crippen LogP contribution < -0.4 is 10.1 Å². The Bertz CT molecular complexity index is 409. The van der Waals surface area contributed by atoms with Crippen LogP contribution in [0.1, 0.15) is 12.5 Å². The van der Waals surface area contributed by atoms with E-state index in [9.17, 15) is 0 Å². The molecule has 1 atom stereocenters. The molecular formula is C15H24N2O2. The zero-order valence-electron chi connectivity index (χ0n) is 12.1. The van der Waals surface area contributed by atoms with Crippen LogP contribution in [0.3, 0.4) is 0 Å². The van der Waals surface area contributed by atoms with E-state index in [2.05, 4.69) is 36.2 Å². The number of hydrogen-bond donors (Lipinski definition) is 1. The Morgan fingerprint density at radius 1 is 1.47 bits per heavy atom. The Labute approximate surface area is 115 Å². The van der Waals surface area contributed by atoms with Crippen molar-refractivity contribution in [1.29, 1.82) is 0 Å². The molecule has 1 heterocycles. The van der Waals surface area contributed by atoms with Gasteiger partial charge in [0.25, 0.3) is 0 Å². The summed E-state index contributed by atoms with van der Waals surface area (Å²) in [6.07, 6.45) is 0.249. The summed E-state index contributed by atoms with van der Waals surface area (Å²) in [5.41, 5.74) is 2.27. The van der Waals surface area contributed by atoms with Gasteiger partial charge in [-0.15, -0.1) is 0 Å². The fraction of sp³-hybridized carbons (Fsp3) is 0.600. The summed E-state index contributed by atoms with van der Waals surface area (Å²) in [5, 5.41) is 3.44. The molecule has 1 unspecified atom stereocenters. The summed E-state index contributed by atoms with van der Waals surface area (Å²) in [5.74, 6) is 0.883. The summed E-state index contributed by atoms with van der Waals surface area (Å²) in [4.78, 5) is 2.42. The Morgan fingerprint density at radius 2 is 2.32 bits per heavy atom. The molecule has 1 aromatic rings. The molecule has 0 radical (unpaired) electrons. The minimum Gasteiger partial charge on any atom is -0.495 e. The van der Waals surface area contributed by atoms with Crippen molar-refractivity contribution in [2.75, 3.05) is 45.2 Å². The molecule has 0 spiro atoms. The zero-order valence-corrected chi connectivity index (χ0v) is 12.1. The van der Waals surface area contributed by atoms with E-state index in [0.717, 1.165) is 44.2 Å². The summed E-state index contributed by atoms with van der Waals surface area (Å²) in [7, 11) is 1.70. The topological polar surface area (TPSA) is 33.7 Å². The third kappa shape index (κ3) is 3.85. The van der Waals surface area contributed by atoms with Gasteiger partial charge >= 0.3 is 0 Å². The van der Waals surface area contributed by atoms with Crippen LogP contribution in [0, 0.1) is 6.92 Å². The van der Waals surface area contributed by atoms with Crippen LogP contribution in [0.5, 0.6) is 5.75 Å². The number of morpholine rings is 1. The molecule has 0 bridgehead atoms. The van der Waals surface area contributed by atoms with Crippen molar-refractivity contribution in [2.45, 2.75) is 20.0 Å². The maximum atomic E-state index is 5.79. The zero-order chi connectivity index (χ0) is 13.7. The molecule has 1 N–H and O–H groups in total. The van der Waals surface area contributed by atoms with Gasteiger partial charge in [-0.2, -0.15) is 0 Å². The molecule has 1 saturated heterocycles. The van der Waals surface area contributed by atoms with Crippen molar-refractivity contribution in [3.05, 3.63) is 23.8 Å². The highest BCUT2D eigenvalue weighted by Crippen LogP contribution is 2.25. The number of nitrogens with one attached hydrogen (secondary N) is 1. The summed E-state index contributed by atoms with van der Waals surface area (Å²) in [6.45, 7) is 9.05. The standard InChI is InChI=1S/C15H24N2O2/c1-4-17-7-8-19-13(11-17)10-16-14-9-12(2)5-6-15(14)18-3/h5-6,9,13,16H,4,7-8,10-11H2,1-3H3. The number of anilines is 1. The molecule has 0 amide bonds. The number of likely N-dealkylation sites (N-methyl/N-ethyl adjacent to an activating group) is 1. The Hall–Kier alpha value is -1.26. The molecule has 1 fully saturated rings. The van der Waals surface area contributed by atoms with Gasteiger partial charge in [-0.05, 0) is 31.2 Å². The monoisotopic (exact) mass is 264 g/mol. The molecule has 106 valence electrons. The lowest BCUT2D eigenvalue weighted by Gasteiger charge is -2.32. The van der Waals surface area contributed by atoms with E-state index in [0.29, 0.717) is 0 Å². The van der Waals surface area contributed by atoms with Crippen LogP contribution in [0.15, 0.2) is 18.2 Å². The van der Waals surface area contributed by atoms with E-state index >= 15 is 0 Å². The van der Waals surface area contributed by atoms with Gasteiger partial charge in [0.15, 0.2) is 0 Å². The SMILES string of the molecule is CCN1CCOC(CNc2cc(C)ccc2OC)C1. The molecular weight excluding hydrogens is 240 g/mol. The lowest BCUT2D eigenvalue weighted by Crippen LogP contribution is -2.45. The van der Waals surface area contributed by atoms with Crippen molar-refractivity contribution in [1.82, 2.24) is 4.90 Å². The second-order valence-corrected chi connectivity index (χ2v) is 4.97. The Morgan fingerprint density at radius 3 is 3.05 bits per heavy atom. The molecule has 2 rings (SSSR count). The first-order valence-corrected chi connectivity index (χ1v) is 6.95. The van der Waals surface area contributed by atoms with Crippen LogP contribution in [-0.4, -0.2) is 50.9 Å². The minimum absolute atomic E-state index is 0.249. The number of rotatable bonds is 5. The maximum absolute atomic E-state index is 5.79. The maximum Gasteiger partial charge on any atom is 0.141 e. The first-order valence-electron chi connectivity index (χ1n) is 6.95. The van der Waals surface area contributed by atoms with Gasteiger partial charge in [0.2, 0.25) is 0 Å². The number of benzene rings is 1. The fourth-order valence-electron chi connectivity index (χ4n) is 2.37. The van der Waals surface area contributed by atoms with Crippen LogP contribution >= 0.6 is 0 Å². The molecule has 0 aromatic heterocycles. The van der Waals surface area contributed by atoms with Gasteiger partial charge in [0, 0.05) is 19.6 Å². The molecule has 0 aliphatic carbocycles. The van der Waals surface area contributed by atoms with E-state index in [-0.39, 0.29) is 6.10 Å². The van der Waals surface area contributed by atoms with E-state index < -0.39 is 0 Å². The van der Waals surface area contributed by atoms with Crippen LogP contribution in [0.4, 0.5) is 5.69 Å². The Balaban J connectivity index is 1.92. The van der Waals surface area contributed by atoms with Gasteiger partial charge in [0.1, 0.15) is 5.75 Å².